The molecule has 0 aliphatic heterocycles. The second kappa shape index (κ2) is 4.81. The van der Waals surface area contributed by atoms with E-state index in [9.17, 15) is 18.3 Å². The Balaban J connectivity index is 2.11. The van der Waals surface area contributed by atoms with Gasteiger partial charge in [0.2, 0.25) is 10.0 Å². The van der Waals surface area contributed by atoms with E-state index in [1.165, 1.54) is 0 Å². The molecule has 18 heavy (non-hydrogen) atoms. The number of sulfonamides is 1. The molecule has 2 N–H and O–H groups in total. The zero-order chi connectivity index (χ0) is 13.4. The molecule has 0 atom stereocenters. The summed E-state index contributed by atoms with van der Waals surface area (Å²) in [7, 11) is -3.45. The lowest BCUT2D eigenvalue weighted by Crippen LogP contribution is -2.56. The van der Waals surface area contributed by atoms with Crippen molar-refractivity contribution in [1.82, 2.24) is 4.72 Å². The molecule has 6 heteroatoms. The van der Waals surface area contributed by atoms with E-state index in [0.29, 0.717) is 31.6 Å². The Labute approximate surface area is 108 Å². The summed E-state index contributed by atoms with van der Waals surface area (Å²) in [5.41, 5.74) is -1.26. The molecule has 0 unspecified atom stereocenters. The molecule has 2 fully saturated rings. The summed E-state index contributed by atoms with van der Waals surface area (Å²) >= 11 is 0. The van der Waals surface area contributed by atoms with Gasteiger partial charge in [0.1, 0.15) is 5.54 Å². The highest BCUT2D eigenvalue weighted by atomic mass is 32.2. The van der Waals surface area contributed by atoms with Crippen LogP contribution in [0.25, 0.3) is 0 Å². The van der Waals surface area contributed by atoms with E-state index in [-0.39, 0.29) is 5.25 Å². The minimum absolute atomic E-state index is 0.363. The number of aliphatic carboxylic acids is 1. The summed E-state index contributed by atoms with van der Waals surface area (Å²) in [5.74, 6) is -0.496. The Bertz CT molecular complexity index is 419. The van der Waals surface area contributed by atoms with Crippen molar-refractivity contribution in [2.75, 3.05) is 0 Å². The molecule has 0 heterocycles. The van der Waals surface area contributed by atoms with Crippen molar-refractivity contribution >= 4 is 16.0 Å². The van der Waals surface area contributed by atoms with Crippen molar-refractivity contribution in [3.8, 4) is 0 Å². The highest BCUT2D eigenvalue weighted by Crippen LogP contribution is 2.36. The third-order valence-corrected chi connectivity index (χ3v) is 6.27. The second-order valence-electron chi connectivity index (χ2n) is 5.59. The van der Waals surface area contributed by atoms with E-state index < -0.39 is 21.5 Å². The number of hydrogen-bond acceptors (Lipinski definition) is 3. The van der Waals surface area contributed by atoms with Gasteiger partial charge in [-0.2, -0.15) is 4.72 Å². The standard InChI is InChI=1S/C12H21NO4S/c1-2-9-5-7-12(8-6-9,11(14)15)13-18(16,17)10-3-4-10/h9-10,13H,2-8H2,1H3,(H,14,15). The van der Waals surface area contributed by atoms with Gasteiger partial charge in [-0.25, -0.2) is 8.42 Å². The molecule has 0 radical (unpaired) electrons. The predicted molar refractivity (Wildman–Crippen MR) is 67.7 cm³/mol. The van der Waals surface area contributed by atoms with E-state index >= 15 is 0 Å². The van der Waals surface area contributed by atoms with E-state index in [0.717, 1.165) is 19.3 Å². The molecule has 0 aromatic heterocycles. The first-order valence-electron chi connectivity index (χ1n) is 6.66. The van der Waals surface area contributed by atoms with Gasteiger partial charge in [-0.1, -0.05) is 13.3 Å². The van der Waals surface area contributed by atoms with Crippen LogP contribution in [0.5, 0.6) is 0 Å². The first kappa shape index (κ1) is 13.8. The second-order valence-corrected chi connectivity index (χ2v) is 7.55. The van der Waals surface area contributed by atoms with Gasteiger partial charge in [-0.05, 0) is 44.4 Å². The van der Waals surface area contributed by atoms with Gasteiger partial charge < -0.3 is 5.11 Å². The number of nitrogens with one attached hydrogen (secondary N) is 1. The summed E-state index contributed by atoms with van der Waals surface area (Å²) in [6, 6.07) is 0. The number of rotatable bonds is 5. The molecule has 0 spiro atoms. The van der Waals surface area contributed by atoms with Crippen molar-refractivity contribution < 1.29 is 18.3 Å². The Hall–Kier alpha value is -0.620. The smallest absolute Gasteiger partial charge is 0.324 e. The van der Waals surface area contributed by atoms with E-state index in [2.05, 4.69) is 11.6 Å². The van der Waals surface area contributed by atoms with Crippen molar-refractivity contribution in [3.05, 3.63) is 0 Å². The summed E-state index contributed by atoms with van der Waals surface area (Å²) < 4.78 is 26.4. The summed E-state index contributed by atoms with van der Waals surface area (Å²) in [6.07, 6.45) is 4.74. The molecular formula is C12H21NO4S. The number of carboxylic acids is 1. The minimum Gasteiger partial charge on any atom is -0.480 e. The van der Waals surface area contributed by atoms with Gasteiger partial charge >= 0.3 is 5.97 Å². The molecule has 2 rings (SSSR count). The fourth-order valence-electron chi connectivity index (χ4n) is 2.67. The summed E-state index contributed by atoms with van der Waals surface area (Å²) in [6.45, 7) is 2.09. The molecular weight excluding hydrogens is 254 g/mol. The normalized spacial score (nSPS) is 33.3. The van der Waals surface area contributed by atoms with Crippen LogP contribution in [0.15, 0.2) is 0 Å². The van der Waals surface area contributed by atoms with E-state index in [1.54, 1.807) is 0 Å². The third kappa shape index (κ3) is 2.69. The summed E-state index contributed by atoms with van der Waals surface area (Å²) in [5, 5.41) is 9.02. The third-order valence-electron chi connectivity index (χ3n) is 4.25. The molecule has 2 aliphatic rings. The van der Waals surface area contributed by atoms with Crippen LogP contribution < -0.4 is 4.72 Å². The highest BCUT2D eigenvalue weighted by Gasteiger charge is 2.48. The average Bonchev–Trinajstić information content (AvgIpc) is 3.13. The fraction of sp³-hybridized carbons (Fsp3) is 0.917. The van der Waals surface area contributed by atoms with E-state index in [1.807, 2.05) is 0 Å². The van der Waals surface area contributed by atoms with Crippen LogP contribution in [-0.4, -0.2) is 30.3 Å². The van der Waals surface area contributed by atoms with Crippen molar-refractivity contribution in [2.24, 2.45) is 5.92 Å². The van der Waals surface area contributed by atoms with Crippen LogP contribution >= 0.6 is 0 Å². The molecule has 5 nitrogen and oxygen atoms in total. The Morgan fingerprint density at radius 3 is 2.22 bits per heavy atom. The SMILES string of the molecule is CCC1CCC(NS(=O)(=O)C2CC2)(C(=O)O)CC1. The van der Waals surface area contributed by atoms with Crippen molar-refractivity contribution in [3.63, 3.8) is 0 Å². The van der Waals surface area contributed by atoms with Crippen LogP contribution in [0.1, 0.15) is 51.9 Å². The first-order chi connectivity index (χ1) is 8.39. The quantitative estimate of drug-likeness (QED) is 0.796. The Morgan fingerprint density at radius 2 is 1.83 bits per heavy atom. The minimum atomic E-state index is -3.45. The number of carboxylic acid groups (broad SMARTS) is 1. The molecule has 104 valence electrons. The Morgan fingerprint density at radius 1 is 1.28 bits per heavy atom. The first-order valence-corrected chi connectivity index (χ1v) is 8.20. The molecule has 0 aromatic rings. The average molecular weight is 275 g/mol. The van der Waals surface area contributed by atoms with Gasteiger partial charge in [0.15, 0.2) is 0 Å². The van der Waals surface area contributed by atoms with Gasteiger partial charge in [0.05, 0.1) is 5.25 Å². The number of carbonyl (C=O) groups is 1. The van der Waals surface area contributed by atoms with Crippen LogP contribution in [0.3, 0.4) is 0 Å². The molecule has 2 saturated carbocycles. The van der Waals surface area contributed by atoms with Crippen LogP contribution in [0.2, 0.25) is 0 Å². The van der Waals surface area contributed by atoms with Gasteiger partial charge in [-0.3, -0.25) is 4.79 Å². The van der Waals surface area contributed by atoms with Gasteiger partial charge in [-0.15, -0.1) is 0 Å². The predicted octanol–water partition coefficient (Wildman–Crippen LogP) is 1.49. The molecule has 0 saturated heterocycles. The van der Waals surface area contributed by atoms with Crippen LogP contribution in [0, 0.1) is 5.92 Å². The maximum atomic E-state index is 11.9. The van der Waals surface area contributed by atoms with Crippen molar-refractivity contribution in [2.45, 2.75) is 62.7 Å². The topological polar surface area (TPSA) is 83.5 Å². The largest absolute Gasteiger partial charge is 0.480 e. The van der Waals surface area contributed by atoms with Crippen LogP contribution in [0.4, 0.5) is 0 Å². The number of hydrogen-bond donors (Lipinski definition) is 2. The monoisotopic (exact) mass is 275 g/mol. The highest BCUT2D eigenvalue weighted by molar-refractivity contribution is 7.90. The van der Waals surface area contributed by atoms with Gasteiger partial charge in [0, 0.05) is 0 Å². The van der Waals surface area contributed by atoms with Gasteiger partial charge in [0.25, 0.3) is 0 Å². The zero-order valence-corrected chi connectivity index (χ0v) is 11.5. The van der Waals surface area contributed by atoms with E-state index in [4.69, 9.17) is 0 Å². The fourth-order valence-corrected chi connectivity index (χ4v) is 4.43. The lowest BCUT2D eigenvalue weighted by Gasteiger charge is -2.36. The summed E-state index contributed by atoms with van der Waals surface area (Å²) in [4.78, 5) is 11.5. The maximum absolute atomic E-state index is 11.9. The Kier molecular flexibility index (Phi) is 3.69. The lowest BCUT2D eigenvalue weighted by molar-refractivity contribution is -0.145. The molecule has 0 bridgehead atoms. The lowest BCUT2D eigenvalue weighted by atomic mass is 9.76. The van der Waals surface area contributed by atoms with Crippen LogP contribution in [-0.2, 0) is 14.8 Å². The maximum Gasteiger partial charge on any atom is 0.324 e. The molecule has 0 aromatic carbocycles. The zero-order valence-electron chi connectivity index (χ0n) is 10.7. The van der Waals surface area contributed by atoms with Crippen molar-refractivity contribution in [1.29, 1.82) is 0 Å². The molecule has 0 amide bonds. The molecule has 2 aliphatic carbocycles.